The Hall–Kier alpha value is -1.64. The van der Waals surface area contributed by atoms with Crippen LogP contribution in [0.2, 0.25) is 0 Å². The van der Waals surface area contributed by atoms with Crippen LogP contribution in [0.3, 0.4) is 0 Å². The molecule has 4 rings (SSSR count). The van der Waals surface area contributed by atoms with E-state index in [2.05, 4.69) is 28.2 Å². The monoisotopic (exact) mass is 526 g/mol. The summed E-state index contributed by atoms with van der Waals surface area (Å²) in [6, 6.07) is 6.13. The van der Waals surface area contributed by atoms with Gasteiger partial charge >= 0.3 is 0 Å². The first kappa shape index (κ1) is 23.0. The molecule has 1 aromatic carbocycles. The van der Waals surface area contributed by atoms with Crippen LogP contribution >= 0.6 is 24.0 Å². The molecule has 2 fully saturated rings. The number of aliphatic imine (C=N–C) groups is 1. The van der Waals surface area contributed by atoms with Gasteiger partial charge in [0.05, 0.1) is 19.7 Å². The van der Waals surface area contributed by atoms with E-state index >= 15 is 0 Å². The number of H-pyrrole nitrogens is 1. The number of likely N-dealkylation sites (tertiary alicyclic amines) is 1. The lowest BCUT2D eigenvalue weighted by atomic mass is 9.68. The number of aromatic nitrogens is 1. The van der Waals surface area contributed by atoms with Crippen LogP contribution in [0, 0.1) is 5.41 Å². The Morgan fingerprint density at radius 1 is 1.20 bits per heavy atom. The molecular weight excluding hydrogens is 491 g/mol. The average Bonchev–Trinajstić information content (AvgIpc) is 3.33. The number of hydrogen-bond acceptors (Lipinski definition) is 3. The van der Waals surface area contributed by atoms with Gasteiger partial charge in [0.2, 0.25) is 0 Å². The van der Waals surface area contributed by atoms with Crippen molar-refractivity contribution in [3.05, 3.63) is 23.9 Å². The minimum absolute atomic E-state index is 0. The summed E-state index contributed by atoms with van der Waals surface area (Å²) < 4.78 is 10.9. The summed E-state index contributed by atoms with van der Waals surface area (Å²) in [5.74, 6) is 2.74. The fourth-order valence-electron chi connectivity index (χ4n) is 4.74. The van der Waals surface area contributed by atoms with Gasteiger partial charge in [-0.3, -0.25) is 4.99 Å². The highest BCUT2D eigenvalue weighted by molar-refractivity contribution is 14.0. The maximum Gasteiger partial charge on any atom is 0.193 e. The molecule has 6 nitrogen and oxygen atoms in total. The summed E-state index contributed by atoms with van der Waals surface area (Å²) in [5, 5.41) is 4.60. The van der Waals surface area contributed by atoms with Crippen LogP contribution in [-0.4, -0.2) is 56.2 Å². The van der Waals surface area contributed by atoms with Crippen LogP contribution in [0.15, 0.2) is 23.2 Å². The van der Waals surface area contributed by atoms with Crippen molar-refractivity contribution in [2.75, 3.05) is 40.4 Å². The van der Waals surface area contributed by atoms with Crippen molar-refractivity contribution in [3.8, 4) is 11.5 Å². The first-order chi connectivity index (χ1) is 14.2. The molecule has 0 bridgehead atoms. The molecule has 1 saturated heterocycles. The van der Waals surface area contributed by atoms with Crippen molar-refractivity contribution < 1.29 is 9.47 Å². The lowest BCUT2D eigenvalue weighted by Crippen LogP contribution is -2.42. The summed E-state index contributed by atoms with van der Waals surface area (Å²) in [6.45, 7) is 6.24. The summed E-state index contributed by atoms with van der Waals surface area (Å²) in [5.41, 5.74) is 2.86. The molecule has 2 aliphatic rings. The highest BCUT2D eigenvalue weighted by Crippen LogP contribution is 2.47. The first-order valence-corrected chi connectivity index (χ1v) is 10.9. The van der Waals surface area contributed by atoms with Gasteiger partial charge in [-0.15, -0.1) is 24.0 Å². The van der Waals surface area contributed by atoms with Crippen LogP contribution in [0.5, 0.6) is 11.5 Å². The number of rotatable bonds is 7. The minimum atomic E-state index is 0. The molecule has 1 aliphatic heterocycles. The second kappa shape index (κ2) is 10.1. The molecule has 30 heavy (non-hydrogen) atoms. The number of hydrogen-bond donors (Lipinski definition) is 2. The fourth-order valence-corrected chi connectivity index (χ4v) is 4.74. The van der Waals surface area contributed by atoms with Gasteiger partial charge in [-0.05, 0) is 50.5 Å². The van der Waals surface area contributed by atoms with Gasteiger partial charge in [0, 0.05) is 49.4 Å². The zero-order valence-electron chi connectivity index (χ0n) is 18.4. The average molecular weight is 526 g/mol. The van der Waals surface area contributed by atoms with Crippen LogP contribution < -0.4 is 14.8 Å². The summed E-state index contributed by atoms with van der Waals surface area (Å²) in [6.07, 6.45) is 7.52. The van der Waals surface area contributed by atoms with E-state index in [4.69, 9.17) is 14.5 Å². The minimum Gasteiger partial charge on any atom is -0.497 e. The highest BCUT2D eigenvalue weighted by atomic mass is 127. The van der Waals surface area contributed by atoms with Gasteiger partial charge in [0.15, 0.2) is 5.96 Å². The second-order valence-corrected chi connectivity index (χ2v) is 8.45. The third-order valence-corrected chi connectivity index (χ3v) is 6.54. The number of aryl methyl sites for hydroxylation is 1. The van der Waals surface area contributed by atoms with Crippen molar-refractivity contribution in [3.63, 3.8) is 0 Å². The maximum absolute atomic E-state index is 5.52. The van der Waals surface area contributed by atoms with E-state index in [0.717, 1.165) is 60.8 Å². The smallest absolute Gasteiger partial charge is 0.193 e. The summed E-state index contributed by atoms with van der Waals surface area (Å²) >= 11 is 0. The SMILES string of the molecule is CCNC(=NCCCc1cc2c(OC)cc(OC)cc2[nH]1)N1CCC2(CCC2)C1.I. The number of benzene rings is 1. The molecule has 1 spiro atoms. The number of halogens is 1. The predicted octanol–water partition coefficient (Wildman–Crippen LogP) is 4.58. The Kier molecular flexibility index (Phi) is 7.76. The van der Waals surface area contributed by atoms with E-state index < -0.39 is 0 Å². The van der Waals surface area contributed by atoms with Crippen LogP contribution in [-0.2, 0) is 6.42 Å². The quantitative estimate of drug-likeness (QED) is 0.240. The van der Waals surface area contributed by atoms with Crippen molar-refractivity contribution >= 4 is 40.8 Å². The van der Waals surface area contributed by atoms with Crippen molar-refractivity contribution in [2.45, 2.75) is 45.4 Å². The Balaban J connectivity index is 0.00000256. The molecule has 1 aliphatic carbocycles. The molecular formula is C23H35IN4O2. The van der Waals surface area contributed by atoms with Crippen LogP contribution in [0.4, 0.5) is 0 Å². The van der Waals surface area contributed by atoms with E-state index in [9.17, 15) is 0 Å². The van der Waals surface area contributed by atoms with E-state index in [0.29, 0.717) is 5.41 Å². The molecule has 7 heteroatoms. The molecule has 0 atom stereocenters. The van der Waals surface area contributed by atoms with Crippen LogP contribution in [0.25, 0.3) is 10.9 Å². The normalized spacial score (nSPS) is 17.7. The van der Waals surface area contributed by atoms with Gasteiger partial charge in [-0.2, -0.15) is 0 Å². The number of nitrogens with one attached hydrogen (secondary N) is 2. The summed E-state index contributed by atoms with van der Waals surface area (Å²) in [4.78, 5) is 10.9. The number of ether oxygens (including phenoxy) is 2. The molecule has 0 amide bonds. The maximum atomic E-state index is 5.52. The van der Waals surface area contributed by atoms with E-state index in [-0.39, 0.29) is 24.0 Å². The lowest BCUT2D eigenvalue weighted by molar-refractivity contribution is 0.151. The van der Waals surface area contributed by atoms with Crippen LogP contribution in [0.1, 0.15) is 44.7 Å². The van der Waals surface area contributed by atoms with E-state index in [1.165, 1.54) is 37.9 Å². The fraction of sp³-hybridized carbons (Fsp3) is 0.609. The summed E-state index contributed by atoms with van der Waals surface area (Å²) in [7, 11) is 3.38. The molecule has 1 aromatic heterocycles. The first-order valence-electron chi connectivity index (χ1n) is 10.9. The van der Waals surface area contributed by atoms with E-state index in [1.807, 2.05) is 12.1 Å². The van der Waals surface area contributed by atoms with Gasteiger partial charge in [0.25, 0.3) is 0 Å². The lowest BCUT2D eigenvalue weighted by Gasteiger charge is -2.38. The van der Waals surface area contributed by atoms with Gasteiger partial charge in [-0.1, -0.05) is 6.42 Å². The molecule has 2 heterocycles. The Morgan fingerprint density at radius 2 is 2.03 bits per heavy atom. The number of guanidine groups is 1. The zero-order chi connectivity index (χ0) is 20.3. The molecule has 2 N–H and O–H groups in total. The second-order valence-electron chi connectivity index (χ2n) is 8.45. The zero-order valence-corrected chi connectivity index (χ0v) is 20.8. The topological polar surface area (TPSA) is 61.9 Å². The standard InChI is InChI=1S/C23H34N4O2.HI/c1-4-24-22(27-12-10-23(16-27)8-6-9-23)25-11-5-7-17-13-19-20(26-17)14-18(28-2)15-21(19)29-3;/h13-15,26H,4-12,16H2,1-3H3,(H,24,25);1H. The van der Waals surface area contributed by atoms with Gasteiger partial charge in [0.1, 0.15) is 11.5 Å². The molecule has 0 radical (unpaired) electrons. The number of methoxy groups -OCH3 is 2. The Labute approximate surface area is 196 Å². The van der Waals surface area contributed by atoms with Crippen molar-refractivity contribution in [2.24, 2.45) is 10.4 Å². The number of aromatic amines is 1. The van der Waals surface area contributed by atoms with Crippen molar-refractivity contribution in [1.29, 1.82) is 0 Å². The Bertz CT molecular complexity index is 875. The number of nitrogens with zero attached hydrogens (tertiary/aromatic N) is 2. The molecule has 1 saturated carbocycles. The third-order valence-electron chi connectivity index (χ3n) is 6.54. The highest BCUT2D eigenvalue weighted by Gasteiger charge is 2.43. The van der Waals surface area contributed by atoms with Gasteiger partial charge in [-0.25, -0.2) is 0 Å². The predicted molar refractivity (Wildman–Crippen MR) is 134 cm³/mol. The van der Waals surface area contributed by atoms with E-state index in [1.54, 1.807) is 14.2 Å². The Morgan fingerprint density at radius 3 is 2.67 bits per heavy atom. The molecule has 2 aromatic rings. The number of fused-ring (bicyclic) bond motifs is 1. The molecule has 0 unspecified atom stereocenters. The van der Waals surface area contributed by atoms with Crippen molar-refractivity contribution in [1.82, 2.24) is 15.2 Å². The largest absolute Gasteiger partial charge is 0.497 e. The van der Waals surface area contributed by atoms with Gasteiger partial charge < -0.3 is 24.7 Å². The third kappa shape index (κ3) is 4.81. The molecule has 166 valence electrons.